The Morgan fingerprint density at radius 2 is 1.80 bits per heavy atom. The number of nitrogens with zero attached hydrogens (tertiary/aromatic N) is 2. The van der Waals surface area contributed by atoms with Gasteiger partial charge in [0.25, 0.3) is 5.91 Å². The van der Waals surface area contributed by atoms with Gasteiger partial charge in [0.1, 0.15) is 17.5 Å². The van der Waals surface area contributed by atoms with Gasteiger partial charge in [0.2, 0.25) is 0 Å². The highest BCUT2D eigenvalue weighted by molar-refractivity contribution is 6.43. The molecule has 9 heteroatoms. The standard InChI is InChI=1S/C21H15ClF3N3O2/c22-14-5-9-16(10-6-14)28-18(19-2-1-11-30-19)12-17(27-28)20(29)26-15-7-3-13(4-8-15)21(23,24)25/h1-11,18H,12H2,(H,26,29). The van der Waals surface area contributed by atoms with Gasteiger partial charge < -0.3 is 9.73 Å². The van der Waals surface area contributed by atoms with Gasteiger partial charge in [-0.15, -0.1) is 0 Å². The lowest BCUT2D eigenvalue weighted by atomic mass is 10.1. The second-order valence-corrected chi connectivity index (χ2v) is 7.07. The van der Waals surface area contributed by atoms with Gasteiger partial charge >= 0.3 is 6.18 Å². The molecule has 0 aliphatic carbocycles. The Morgan fingerprint density at radius 3 is 2.40 bits per heavy atom. The molecule has 1 unspecified atom stereocenters. The number of hydrogen-bond acceptors (Lipinski definition) is 4. The van der Waals surface area contributed by atoms with Crippen LogP contribution in [-0.2, 0) is 11.0 Å². The average molecular weight is 434 g/mol. The van der Waals surface area contributed by atoms with Crippen LogP contribution < -0.4 is 10.3 Å². The highest BCUT2D eigenvalue weighted by Crippen LogP contribution is 2.36. The maximum Gasteiger partial charge on any atom is 0.416 e. The van der Waals surface area contributed by atoms with E-state index in [1.54, 1.807) is 41.4 Å². The number of furan rings is 1. The maximum atomic E-state index is 12.7. The number of halogens is 4. The second kappa shape index (κ2) is 7.87. The predicted octanol–water partition coefficient (Wildman–Crippen LogP) is 5.90. The molecule has 4 rings (SSSR count). The third kappa shape index (κ3) is 4.18. The van der Waals surface area contributed by atoms with Gasteiger partial charge in [0, 0.05) is 17.1 Å². The Bertz CT molecular complexity index is 1060. The van der Waals surface area contributed by atoms with Crippen LogP contribution in [0.4, 0.5) is 24.5 Å². The molecule has 154 valence electrons. The molecule has 2 heterocycles. The molecule has 0 spiro atoms. The summed E-state index contributed by atoms with van der Waals surface area (Å²) in [5, 5.41) is 9.26. The first-order valence-corrected chi connectivity index (χ1v) is 9.33. The van der Waals surface area contributed by atoms with Crippen molar-refractivity contribution in [1.29, 1.82) is 0 Å². The summed E-state index contributed by atoms with van der Waals surface area (Å²) in [7, 11) is 0. The van der Waals surface area contributed by atoms with Crippen molar-refractivity contribution in [3.63, 3.8) is 0 Å². The Balaban J connectivity index is 1.56. The molecule has 0 radical (unpaired) electrons. The number of rotatable bonds is 4. The summed E-state index contributed by atoms with van der Waals surface area (Å²) >= 11 is 5.96. The molecule has 1 aromatic heterocycles. The molecular formula is C21H15ClF3N3O2. The topological polar surface area (TPSA) is 57.8 Å². The highest BCUT2D eigenvalue weighted by atomic mass is 35.5. The summed E-state index contributed by atoms with van der Waals surface area (Å²) in [6.07, 6.45) is -2.63. The molecule has 1 amide bonds. The van der Waals surface area contributed by atoms with Crippen molar-refractivity contribution in [2.75, 3.05) is 10.3 Å². The van der Waals surface area contributed by atoms with E-state index in [9.17, 15) is 18.0 Å². The number of hydrogen-bond donors (Lipinski definition) is 1. The van der Waals surface area contributed by atoms with Crippen molar-refractivity contribution in [3.8, 4) is 0 Å². The van der Waals surface area contributed by atoms with Crippen LogP contribution in [0.25, 0.3) is 0 Å². The third-order valence-electron chi connectivity index (χ3n) is 4.61. The third-order valence-corrected chi connectivity index (χ3v) is 4.86. The zero-order chi connectivity index (χ0) is 21.3. The molecule has 3 aromatic rings. The maximum absolute atomic E-state index is 12.7. The monoisotopic (exact) mass is 433 g/mol. The van der Waals surface area contributed by atoms with Crippen molar-refractivity contribution in [2.45, 2.75) is 18.6 Å². The largest absolute Gasteiger partial charge is 0.467 e. The van der Waals surface area contributed by atoms with E-state index < -0.39 is 17.6 Å². The molecule has 5 nitrogen and oxygen atoms in total. The molecule has 2 aromatic carbocycles. The van der Waals surface area contributed by atoms with E-state index in [1.807, 2.05) is 0 Å². The van der Waals surface area contributed by atoms with Gasteiger partial charge in [-0.3, -0.25) is 9.80 Å². The normalized spacial score (nSPS) is 16.5. The number of alkyl halides is 3. The minimum absolute atomic E-state index is 0.228. The Labute approximate surface area is 174 Å². The van der Waals surface area contributed by atoms with Gasteiger partial charge in [-0.2, -0.15) is 18.3 Å². The molecule has 1 aliphatic rings. The fourth-order valence-corrected chi connectivity index (χ4v) is 3.25. The quantitative estimate of drug-likeness (QED) is 0.557. The summed E-state index contributed by atoms with van der Waals surface area (Å²) in [4.78, 5) is 12.7. The van der Waals surface area contributed by atoms with Crippen molar-refractivity contribution in [3.05, 3.63) is 83.3 Å². The summed E-state index contributed by atoms with van der Waals surface area (Å²) in [5.74, 6) is 0.133. The van der Waals surface area contributed by atoms with Crippen LogP contribution in [0.1, 0.15) is 23.8 Å². The number of carbonyl (C=O) groups is 1. The van der Waals surface area contributed by atoms with Crippen LogP contribution in [0.2, 0.25) is 5.02 Å². The van der Waals surface area contributed by atoms with E-state index in [-0.39, 0.29) is 23.9 Å². The zero-order valence-electron chi connectivity index (χ0n) is 15.4. The number of anilines is 2. The number of amides is 1. The summed E-state index contributed by atoms with van der Waals surface area (Å²) in [6.45, 7) is 0. The van der Waals surface area contributed by atoms with Gasteiger partial charge in [-0.1, -0.05) is 11.6 Å². The molecular weight excluding hydrogens is 419 g/mol. The van der Waals surface area contributed by atoms with E-state index in [4.69, 9.17) is 16.0 Å². The Hall–Kier alpha value is -3.26. The van der Waals surface area contributed by atoms with Crippen LogP contribution in [0.3, 0.4) is 0 Å². The van der Waals surface area contributed by atoms with Crippen LogP contribution in [-0.4, -0.2) is 11.6 Å². The van der Waals surface area contributed by atoms with Crippen LogP contribution in [0, 0.1) is 0 Å². The molecule has 0 bridgehead atoms. The smallest absolute Gasteiger partial charge is 0.416 e. The summed E-state index contributed by atoms with van der Waals surface area (Å²) in [6, 6.07) is 14.4. The van der Waals surface area contributed by atoms with Gasteiger partial charge in [0.15, 0.2) is 0 Å². The Kier molecular flexibility index (Phi) is 5.26. The SMILES string of the molecule is O=C(Nc1ccc(C(F)(F)F)cc1)C1=NN(c2ccc(Cl)cc2)C(c2ccco2)C1. The Morgan fingerprint density at radius 1 is 1.10 bits per heavy atom. The molecule has 0 saturated carbocycles. The molecule has 0 saturated heterocycles. The van der Waals surface area contributed by atoms with Crippen LogP contribution in [0.5, 0.6) is 0 Å². The van der Waals surface area contributed by atoms with E-state index in [2.05, 4.69) is 10.4 Å². The molecule has 30 heavy (non-hydrogen) atoms. The number of nitrogens with one attached hydrogen (secondary N) is 1. The van der Waals surface area contributed by atoms with E-state index in [0.29, 0.717) is 10.8 Å². The van der Waals surface area contributed by atoms with Gasteiger partial charge in [-0.25, -0.2) is 0 Å². The van der Waals surface area contributed by atoms with Gasteiger partial charge in [-0.05, 0) is 60.7 Å². The summed E-state index contributed by atoms with van der Waals surface area (Å²) < 4.78 is 43.6. The summed E-state index contributed by atoms with van der Waals surface area (Å²) in [5.41, 5.74) is 0.407. The average Bonchev–Trinajstić information content (AvgIpc) is 3.38. The molecule has 1 atom stereocenters. The van der Waals surface area contributed by atoms with E-state index in [1.165, 1.54) is 18.4 Å². The fourth-order valence-electron chi connectivity index (χ4n) is 3.13. The number of carbonyl (C=O) groups excluding carboxylic acids is 1. The van der Waals surface area contributed by atoms with Crippen molar-refractivity contribution >= 4 is 34.6 Å². The van der Waals surface area contributed by atoms with Crippen molar-refractivity contribution < 1.29 is 22.4 Å². The minimum atomic E-state index is -4.44. The second-order valence-electron chi connectivity index (χ2n) is 6.63. The molecule has 1 N–H and O–H groups in total. The lowest BCUT2D eigenvalue weighted by Gasteiger charge is -2.21. The van der Waals surface area contributed by atoms with Crippen LogP contribution in [0.15, 0.2) is 76.4 Å². The lowest BCUT2D eigenvalue weighted by molar-refractivity contribution is -0.137. The molecule has 0 fully saturated rings. The van der Waals surface area contributed by atoms with Gasteiger partial charge in [0.05, 0.1) is 17.5 Å². The fraction of sp³-hybridized carbons (Fsp3) is 0.143. The number of benzene rings is 2. The van der Waals surface area contributed by atoms with Crippen molar-refractivity contribution in [1.82, 2.24) is 0 Å². The zero-order valence-corrected chi connectivity index (χ0v) is 16.1. The molecule has 1 aliphatic heterocycles. The van der Waals surface area contributed by atoms with Crippen LogP contribution >= 0.6 is 11.6 Å². The minimum Gasteiger partial charge on any atom is -0.467 e. The predicted molar refractivity (Wildman–Crippen MR) is 108 cm³/mol. The van der Waals surface area contributed by atoms with Crippen molar-refractivity contribution in [2.24, 2.45) is 5.10 Å². The first kappa shape index (κ1) is 20.0. The first-order valence-electron chi connectivity index (χ1n) is 8.95. The van der Waals surface area contributed by atoms with E-state index in [0.717, 1.165) is 17.8 Å². The lowest BCUT2D eigenvalue weighted by Crippen LogP contribution is -2.22. The first-order chi connectivity index (χ1) is 14.3. The highest BCUT2D eigenvalue weighted by Gasteiger charge is 2.34. The number of hydrazone groups is 1. The van der Waals surface area contributed by atoms with E-state index >= 15 is 0 Å².